The first kappa shape index (κ1) is 30.5. The lowest BCUT2D eigenvalue weighted by atomic mass is 9.97. The zero-order valence-electron chi connectivity index (χ0n) is 25.2. The minimum atomic E-state index is -0.933. The molecule has 10 heteroatoms. The van der Waals surface area contributed by atoms with Crippen LogP contribution >= 0.6 is 0 Å². The van der Waals surface area contributed by atoms with Gasteiger partial charge < -0.3 is 23.9 Å². The van der Waals surface area contributed by atoms with E-state index in [1.807, 2.05) is 35.4 Å². The number of nitrogens with one attached hydrogen (secondary N) is 1. The van der Waals surface area contributed by atoms with E-state index in [9.17, 15) is 19.5 Å². The highest BCUT2D eigenvalue weighted by molar-refractivity contribution is 5.81. The van der Waals surface area contributed by atoms with Crippen LogP contribution in [0.25, 0.3) is 22.4 Å². The fourth-order valence-electron chi connectivity index (χ4n) is 5.49. The van der Waals surface area contributed by atoms with Crippen LogP contribution in [0.4, 0.5) is 0 Å². The lowest BCUT2D eigenvalue weighted by Gasteiger charge is -2.32. The number of fused-ring (bicyclic) bond motifs is 1. The van der Waals surface area contributed by atoms with E-state index in [4.69, 9.17) is 9.72 Å². The Labute approximate surface area is 241 Å². The van der Waals surface area contributed by atoms with Crippen molar-refractivity contribution in [3.63, 3.8) is 0 Å². The van der Waals surface area contributed by atoms with Gasteiger partial charge in [-0.05, 0) is 77.1 Å². The molecular weight excluding hydrogens is 522 g/mol. The van der Waals surface area contributed by atoms with Crippen LogP contribution in [0, 0.1) is 12.8 Å². The summed E-state index contributed by atoms with van der Waals surface area (Å²) in [6, 6.07) is 6.99. The molecule has 10 nitrogen and oxygen atoms in total. The highest BCUT2D eigenvalue weighted by Gasteiger charge is 2.29. The number of carbonyl (C=O) groups is 2. The monoisotopic (exact) mass is 565 g/mol. The third-order valence-electron chi connectivity index (χ3n) is 7.51. The molecule has 2 N–H and O–H groups in total. The minimum absolute atomic E-state index is 0.0493. The number of aromatic nitrogens is 3. The van der Waals surface area contributed by atoms with Crippen molar-refractivity contribution in [3.8, 4) is 11.4 Å². The van der Waals surface area contributed by atoms with E-state index in [0.29, 0.717) is 25.2 Å². The molecule has 0 aliphatic carbocycles. The molecule has 41 heavy (non-hydrogen) atoms. The first-order chi connectivity index (χ1) is 19.2. The number of piperidine rings is 1. The van der Waals surface area contributed by atoms with E-state index in [1.54, 1.807) is 53.2 Å². The van der Waals surface area contributed by atoms with Gasteiger partial charge in [-0.2, -0.15) is 0 Å². The van der Waals surface area contributed by atoms with Gasteiger partial charge >= 0.3 is 5.97 Å². The second-order valence-corrected chi connectivity index (χ2v) is 12.3. The minimum Gasteiger partial charge on any atom is -0.459 e. The molecule has 1 amide bonds. The third-order valence-corrected chi connectivity index (χ3v) is 7.51. The van der Waals surface area contributed by atoms with E-state index in [2.05, 4.69) is 9.88 Å². The van der Waals surface area contributed by atoms with Crippen LogP contribution in [0.1, 0.15) is 58.6 Å². The number of pyridine rings is 1. The van der Waals surface area contributed by atoms with Crippen molar-refractivity contribution in [1.82, 2.24) is 24.3 Å². The molecule has 2 aromatic heterocycles. The van der Waals surface area contributed by atoms with Crippen LogP contribution in [-0.2, 0) is 34.5 Å². The Morgan fingerprint density at radius 1 is 1.24 bits per heavy atom. The SMILES string of the molecule is CC(=O)N1CCCC(Cn2c(-c3cc(C)c(=O)n(C)c3)nc3cc(CNC(C(=O)OC(C)(C)C)C(C)O)ccc32)C1. The number of ether oxygens (including phenoxy) is 1. The van der Waals surface area contributed by atoms with Crippen molar-refractivity contribution >= 4 is 22.9 Å². The predicted octanol–water partition coefficient (Wildman–Crippen LogP) is 3.15. The lowest BCUT2D eigenvalue weighted by Crippen LogP contribution is -2.47. The smallest absolute Gasteiger partial charge is 0.326 e. The zero-order valence-corrected chi connectivity index (χ0v) is 25.2. The van der Waals surface area contributed by atoms with Crippen LogP contribution in [0.2, 0.25) is 0 Å². The van der Waals surface area contributed by atoms with Crippen molar-refractivity contribution in [2.75, 3.05) is 13.1 Å². The number of hydrogen-bond acceptors (Lipinski definition) is 7. The summed E-state index contributed by atoms with van der Waals surface area (Å²) in [5.41, 5.74) is 3.42. The molecule has 3 heterocycles. The molecule has 0 saturated carbocycles. The molecule has 3 aromatic rings. The second kappa shape index (κ2) is 12.2. The molecule has 1 fully saturated rings. The van der Waals surface area contributed by atoms with Crippen LogP contribution in [0.15, 0.2) is 35.3 Å². The highest BCUT2D eigenvalue weighted by Crippen LogP contribution is 2.29. The van der Waals surface area contributed by atoms with E-state index in [1.165, 1.54) is 0 Å². The zero-order chi connectivity index (χ0) is 30.1. The topological polar surface area (TPSA) is 119 Å². The van der Waals surface area contributed by atoms with Crippen molar-refractivity contribution < 1.29 is 19.4 Å². The molecule has 3 unspecified atom stereocenters. The highest BCUT2D eigenvalue weighted by atomic mass is 16.6. The summed E-state index contributed by atoms with van der Waals surface area (Å²) in [5.74, 6) is 0.634. The summed E-state index contributed by atoms with van der Waals surface area (Å²) in [6.45, 7) is 12.9. The van der Waals surface area contributed by atoms with Gasteiger partial charge in [-0.1, -0.05) is 6.07 Å². The molecule has 1 aliphatic rings. The summed E-state index contributed by atoms with van der Waals surface area (Å²) in [6.07, 6.45) is 2.86. The Hall–Kier alpha value is -3.50. The molecule has 1 aliphatic heterocycles. The number of likely N-dealkylation sites (tertiary alicyclic amines) is 1. The third kappa shape index (κ3) is 7.23. The van der Waals surface area contributed by atoms with Gasteiger partial charge in [-0.15, -0.1) is 0 Å². The maximum Gasteiger partial charge on any atom is 0.326 e. The van der Waals surface area contributed by atoms with Crippen molar-refractivity contribution in [1.29, 1.82) is 0 Å². The van der Waals surface area contributed by atoms with Crippen molar-refractivity contribution in [2.45, 2.75) is 85.2 Å². The number of amides is 1. The van der Waals surface area contributed by atoms with Crippen molar-refractivity contribution in [2.24, 2.45) is 13.0 Å². The number of aliphatic hydroxyl groups excluding tert-OH is 1. The first-order valence-electron chi connectivity index (χ1n) is 14.3. The molecule has 4 rings (SSSR count). The van der Waals surface area contributed by atoms with Gasteiger partial charge in [0, 0.05) is 57.5 Å². The average molecular weight is 566 g/mol. The normalized spacial score (nSPS) is 17.5. The molecule has 0 bridgehead atoms. The van der Waals surface area contributed by atoms with Crippen LogP contribution in [0.3, 0.4) is 0 Å². The standard InChI is InChI=1S/C31H43N5O5/c1-19-13-24(18-34(7)29(19)39)28-33-25-14-22(15-32-27(20(2)37)30(40)41-31(4,5)6)10-11-26(25)36(28)17-23-9-8-12-35(16-23)21(3)38/h10-11,13-14,18,20,23,27,32,37H,8-9,12,15-17H2,1-7H3. The van der Waals surface area contributed by atoms with Gasteiger partial charge in [0.1, 0.15) is 17.5 Å². The van der Waals surface area contributed by atoms with Gasteiger partial charge in [0.05, 0.1) is 17.1 Å². The summed E-state index contributed by atoms with van der Waals surface area (Å²) in [4.78, 5) is 44.1. The van der Waals surface area contributed by atoms with E-state index >= 15 is 0 Å². The van der Waals surface area contributed by atoms with E-state index in [-0.39, 0.29) is 17.4 Å². The number of imidazole rings is 1. The fraction of sp³-hybridized carbons (Fsp3) is 0.548. The molecule has 1 saturated heterocycles. The molecule has 222 valence electrons. The van der Waals surface area contributed by atoms with Gasteiger partial charge in [0.25, 0.3) is 5.56 Å². The largest absolute Gasteiger partial charge is 0.459 e. The maximum atomic E-state index is 12.7. The molecule has 3 atom stereocenters. The van der Waals surface area contributed by atoms with Crippen LogP contribution < -0.4 is 10.9 Å². The maximum absolute atomic E-state index is 12.7. The lowest BCUT2D eigenvalue weighted by molar-refractivity contribution is -0.160. The summed E-state index contributed by atoms with van der Waals surface area (Å²) in [5, 5.41) is 13.4. The molecular formula is C31H43N5O5. The number of hydrogen-bond donors (Lipinski definition) is 2. The van der Waals surface area contributed by atoms with Crippen LogP contribution in [0.5, 0.6) is 0 Å². The summed E-state index contributed by atoms with van der Waals surface area (Å²) in [7, 11) is 1.74. The number of rotatable bonds is 8. The Kier molecular flexibility index (Phi) is 9.03. The fourth-order valence-corrected chi connectivity index (χ4v) is 5.49. The Bertz CT molecular complexity index is 1460. The van der Waals surface area contributed by atoms with Gasteiger partial charge in [0.2, 0.25) is 5.91 Å². The number of aliphatic hydroxyl groups is 1. The Morgan fingerprint density at radius 3 is 2.61 bits per heavy atom. The van der Waals surface area contributed by atoms with Gasteiger partial charge in [-0.25, -0.2) is 4.98 Å². The van der Waals surface area contributed by atoms with E-state index < -0.39 is 23.7 Å². The second-order valence-electron chi connectivity index (χ2n) is 12.3. The van der Waals surface area contributed by atoms with Crippen molar-refractivity contribution in [3.05, 3.63) is 51.9 Å². The molecule has 1 aromatic carbocycles. The number of esters is 1. The van der Waals surface area contributed by atoms with E-state index in [0.717, 1.165) is 47.4 Å². The first-order valence-corrected chi connectivity index (χ1v) is 14.3. The Morgan fingerprint density at radius 2 is 1.98 bits per heavy atom. The van der Waals surface area contributed by atoms with Crippen LogP contribution in [-0.4, -0.2) is 66.8 Å². The summed E-state index contributed by atoms with van der Waals surface area (Å²) < 4.78 is 9.26. The quantitative estimate of drug-likeness (QED) is 0.403. The predicted molar refractivity (Wildman–Crippen MR) is 158 cm³/mol. The Balaban J connectivity index is 1.68. The van der Waals surface area contributed by atoms with Gasteiger partial charge in [0.15, 0.2) is 0 Å². The average Bonchev–Trinajstić information content (AvgIpc) is 3.23. The van der Waals surface area contributed by atoms with Gasteiger partial charge in [-0.3, -0.25) is 19.7 Å². The summed E-state index contributed by atoms with van der Waals surface area (Å²) >= 11 is 0. The molecule has 0 spiro atoms. The number of aryl methyl sites for hydroxylation is 2. The number of nitrogens with zero attached hydrogens (tertiary/aromatic N) is 4. The molecule has 0 radical (unpaired) electrons. The number of benzene rings is 1. The number of carbonyl (C=O) groups excluding carboxylic acids is 2.